The van der Waals surface area contributed by atoms with Crippen LogP contribution in [0.3, 0.4) is 0 Å². The van der Waals surface area contributed by atoms with Crippen molar-refractivity contribution in [2.24, 2.45) is 0 Å². The molecule has 0 aliphatic rings. The van der Waals surface area contributed by atoms with Crippen molar-refractivity contribution in [1.29, 1.82) is 0 Å². The van der Waals surface area contributed by atoms with Crippen LogP contribution < -0.4 is 20.1 Å². The standard InChI is InChI=1S/C15H23ClN2O2.2ClH/c1-4-8-20-15-13(16)9-12(10-14(15)19-3)11-18-7-5-6-17-2;;/h4,9-10,17-18H,1,5-8,11H2,2-3H3;2*1H. The van der Waals surface area contributed by atoms with Crippen molar-refractivity contribution < 1.29 is 9.47 Å². The Bertz CT molecular complexity index is 431. The first-order valence-electron chi connectivity index (χ1n) is 6.68. The quantitative estimate of drug-likeness (QED) is 0.488. The SMILES string of the molecule is C=CCOc1c(Cl)cc(CNCCCNC)cc1OC.Cl.Cl. The predicted octanol–water partition coefficient (Wildman–Crippen LogP) is 3.46. The molecule has 0 spiro atoms. The fraction of sp³-hybridized carbons (Fsp3) is 0.467. The van der Waals surface area contributed by atoms with Crippen molar-refractivity contribution in [2.75, 3.05) is 33.9 Å². The van der Waals surface area contributed by atoms with Gasteiger partial charge in [0.15, 0.2) is 11.5 Å². The third-order valence-corrected chi connectivity index (χ3v) is 3.02. The van der Waals surface area contributed by atoms with Gasteiger partial charge in [0, 0.05) is 6.54 Å². The number of ether oxygens (including phenoxy) is 2. The molecule has 0 saturated heterocycles. The Hall–Kier alpha value is -0.650. The summed E-state index contributed by atoms with van der Waals surface area (Å²) in [6.07, 6.45) is 2.76. The zero-order chi connectivity index (χ0) is 14.8. The summed E-state index contributed by atoms with van der Waals surface area (Å²) in [5, 5.41) is 7.04. The van der Waals surface area contributed by atoms with Crippen LogP contribution in [0.4, 0.5) is 0 Å². The Morgan fingerprint density at radius 3 is 2.59 bits per heavy atom. The highest BCUT2D eigenvalue weighted by molar-refractivity contribution is 6.32. The molecule has 0 aliphatic carbocycles. The minimum atomic E-state index is 0. The van der Waals surface area contributed by atoms with E-state index in [4.69, 9.17) is 21.1 Å². The largest absolute Gasteiger partial charge is 0.493 e. The summed E-state index contributed by atoms with van der Waals surface area (Å²) in [4.78, 5) is 0. The van der Waals surface area contributed by atoms with Gasteiger partial charge < -0.3 is 20.1 Å². The average molecular weight is 372 g/mol. The van der Waals surface area contributed by atoms with Crippen LogP contribution in [0, 0.1) is 0 Å². The molecule has 0 saturated carbocycles. The van der Waals surface area contributed by atoms with Crippen molar-refractivity contribution >= 4 is 36.4 Å². The highest BCUT2D eigenvalue weighted by atomic mass is 35.5. The van der Waals surface area contributed by atoms with Crippen molar-refractivity contribution in [3.63, 3.8) is 0 Å². The van der Waals surface area contributed by atoms with Crippen LogP contribution in [0.1, 0.15) is 12.0 Å². The molecule has 1 rings (SSSR count). The van der Waals surface area contributed by atoms with Gasteiger partial charge in [-0.3, -0.25) is 0 Å². The van der Waals surface area contributed by atoms with Crippen molar-refractivity contribution in [2.45, 2.75) is 13.0 Å². The lowest BCUT2D eigenvalue weighted by Crippen LogP contribution is -2.19. The molecule has 0 heterocycles. The van der Waals surface area contributed by atoms with E-state index in [9.17, 15) is 0 Å². The van der Waals surface area contributed by atoms with Crippen LogP contribution in [0.25, 0.3) is 0 Å². The molecule has 0 amide bonds. The number of benzene rings is 1. The molecule has 22 heavy (non-hydrogen) atoms. The Kier molecular flexibility index (Phi) is 15.0. The van der Waals surface area contributed by atoms with E-state index < -0.39 is 0 Å². The van der Waals surface area contributed by atoms with Gasteiger partial charge in [-0.2, -0.15) is 0 Å². The van der Waals surface area contributed by atoms with E-state index in [0.29, 0.717) is 23.1 Å². The molecule has 0 bridgehead atoms. The lowest BCUT2D eigenvalue weighted by Gasteiger charge is -2.13. The molecule has 4 nitrogen and oxygen atoms in total. The Morgan fingerprint density at radius 1 is 1.27 bits per heavy atom. The van der Waals surface area contributed by atoms with E-state index in [0.717, 1.165) is 31.6 Å². The number of halogens is 3. The molecule has 1 aromatic carbocycles. The van der Waals surface area contributed by atoms with Gasteiger partial charge in [0.1, 0.15) is 6.61 Å². The van der Waals surface area contributed by atoms with Crippen LogP contribution >= 0.6 is 36.4 Å². The van der Waals surface area contributed by atoms with Crippen LogP contribution in [0.5, 0.6) is 11.5 Å². The predicted molar refractivity (Wildman–Crippen MR) is 98.4 cm³/mol. The first kappa shape index (κ1) is 23.6. The maximum Gasteiger partial charge on any atom is 0.180 e. The molecule has 0 fully saturated rings. The maximum absolute atomic E-state index is 6.23. The van der Waals surface area contributed by atoms with E-state index in [1.807, 2.05) is 19.2 Å². The number of methoxy groups -OCH3 is 1. The molecular formula is C15H25Cl3N2O2. The molecule has 0 aliphatic heterocycles. The van der Waals surface area contributed by atoms with Gasteiger partial charge in [-0.05, 0) is 44.3 Å². The monoisotopic (exact) mass is 370 g/mol. The smallest absolute Gasteiger partial charge is 0.180 e. The van der Waals surface area contributed by atoms with Gasteiger partial charge in [0.25, 0.3) is 0 Å². The summed E-state index contributed by atoms with van der Waals surface area (Å²) < 4.78 is 10.8. The lowest BCUT2D eigenvalue weighted by atomic mass is 10.2. The summed E-state index contributed by atoms with van der Waals surface area (Å²) in [5.41, 5.74) is 1.07. The van der Waals surface area contributed by atoms with E-state index >= 15 is 0 Å². The summed E-state index contributed by atoms with van der Waals surface area (Å²) >= 11 is 6.23. The number of nitrogens with one attached hydrogen (secondary N) is 2. The summed E-state index contributed by atoms with van der Waals surface area (Å²) in [5.74, 6) is 1.21. The number of hydrogen-bond acceptors (Lipinski definition) is 4. The molecule has 2 N–H and O–H groups in total. The first-order valence-corrected chi connectivity index (χ1v) is 7.06. The van der Waals surface area contributed by atoms with E-state index in [2.05, 4.69) is 17.2 Å². The van der Waals surface area contributed by atoms with Gasteiger partial charge in [-0.15, -0.1) is 24.8 Å². The van der Waals surface area contributed by atoms with Crippen molar-refractivity contribution in [1.82, 2.24) is 10.6 Å². The Morgan fingerprint density at radius 2 is 2.00 bits per heavy atom. The fourth-order valence-electron chi connectivity index (χ4n) is 1.78. The van der Waals surface area contributed by atoms with E-state index in [1.54, 1.807) is 13.2 Å². The minimum Gasteiger partial charge on any atom is -0.493 e. The molecule has 0 radical (unpaired) electrons. The van der Waals surface area contributed by atoms with Gasteiger partial charge in [-0.25, -0.2) is 0 Å². The lowest BCUT2D eigenvalue weighted by molar-refractivity contribution is 0.326. The molecular weight excluding hydrogens is 347 g/mol. The van der Waals surface area contributed by atoms with Crippen molar-refractivity contribution in [3.05, 3.63) is 35.4 Å². The fourth-order valence-corrected chi connectivity index (χ4v) is 2.07. The minimum absolute atomic E-state index is 0. The Balaban J connectivity index is 0. The average Bonchev–Trinajstić information content (AvgIpc) is 2.45. The van der Waals surface area contributed by atoms with E-state index in [1.165, 1.54) is 0 Å². The highest BCUT2D eigenvalue weighted by Crippen LogP contribution is 2.36. The maximum atomic E-state index is 6.23. The normalized spacial score (nSPS) is 9.41. The molecule has 0 aromatic heterocycles. The molecule has 128 valence electrons. The zero-order valence-corrected chi connectivity index (χ0v) is 15.4. The summed E-state index contributed by atoms with van der Waals surface area (Å²) in [7, 11) is 3.56. The van der Waals surface area contributed by atoms with Gasteiger partial charge in [-0.1, -0.05) is 24.3 Å². The van der Waals surface area contributed by atoms with Crippen LogP contribution in [0.2, 0.25) is 5.02 Å². The molecule has 0 unspecified atom stereocenters. The molecule has 1 aromatic rings. The third kappa shape index (κ3) is 8.11. The second-order valence-electron chi connectivity index (χ2n) is 4.34. The topological polar surface area (TPSA) is 42.5 Å². The first-order chi connectivity index (χ1) is 9.72. The van der Waals surface area contributed by atoms with Crippen LogP contribution in [-0.2, 0) is 6.54 Å². The molecule has 0 atom stereocenters. The van der Waals surface area contributed by atoms with Crippen LogP contribution in [0.15, 0.2) is 24.8 Å². The summed E-state index contributed by atoms with van der Waals surface area (Å²) in [6, 6.07) is 3.84. The van der Waals surface area contributed by atoms with Crippen molar-refractivity contribution in [3.8, 4) is 11.5 Å². The Labute approximate surface area is 150 Å². The van der Waals surface area contributed by atoms with Gasteiger partial charge in [0.2, 0.25) is 0 Å². The van der Waals surface area contributed by atoms with Gasteiger partial charge in [0.05, 0.1) is 12.1 Å². The summed E-state index contributed by atoms with van der Waals surface area (Å²) in [6.45, 7) is 6.73. The second-order valence-corrected chi connectivity index (χ2v) is 4.75. The van der Waals surface area contributed by atoms with Crippen LogP contribution in [-0.4, -0.2) is 33.9 Å². The highest BCUT2D eigenvalue weighted by Gasteiger charge is 2.11. The van der Waals surface area contributed by atoms with Gasteiger partial charge >= 0.3 is 0 Å². The zero-order valence-electron chi connectivity index (χ0n) is 13.0. The number of hydrogen-bond donors (Lipinski definition) is 2. The van der Waals surface area contributed by atoms with E-state index in [-0.39, 0.29) is 24.8 Å². The second kappa shape index (κ2) is 14.0. The third-order valence-electron chi connectivity index (χ3n) is 2.74. The molecule has 7 heteroatoms. The number of rotatable bonds is 10.